The van der Waals surface area contributed by atoms with Crippen molar-refractivity contribution in [1.82, 2.24) is 0 Å². The molecule has 0 fully saturated rings. The van der Waals surface area contributed by atoms with Crippen molar-refractivity contribution < 1.29 is 9.11 Å². The van der Waals surface area contributed by atoms with Gasteiger partial charge in [0.05, 0.1) is 0 Å². The van der Waals surface area contributed by atoms with Gasteiger partial charge >= 0.3 is 65.3 Å². The van der Waals surface area contributed by atoms with E-state index in [9.17, 15) is 0 Å². The second-order valence-corrected chi connectivity index (χ2v) is 27.1. The molecule has 56 valence electrons. The quantitative estimate of drug-likeness (QED) is 0.436. The van der Waals surface area contributed by atoms with E-state index >= 15 is 0 Å². The zero-order valence-electron chi connectivity index (χ0n) is 4.04. The number of rotatable bonds is 1. The average Bonchev–Trinajstić information content (AvgIpc) is 1.65. The minimum atomic E-state index is 0.208. The van der Waals surface area contributed by atoms with Crippen molar-refractivity contribution in [3.8, 4) is 0 Å². The van der Waals surface area contributed by atoms with E-state index in [0.29, 0.717) is 10.4 Å². The molecule has 0 unspecified atom stereocenters. The first-order chi connectivity index (χ1) is 3.65. The van der Waals surface area contributed by atoms with E-state index in [0.717, 1.165) is 0 Å². The van der Waals surface area contributed by atoms with Gasteiger partial charge in [0.15, 0.2) is 0 Å². The van der Waals surface area contributed by atoms with Gasteiger partial charge in [0.1, 0.15) is 0 Å². The molecule has 0 aliphatic carbocycles. The summed E-state index contributed by atoms with van der Waals surface area (Å²) in [6.07, 6.45) is 0.625. The van der Waals surface area contributed by atoms with Crippen LogP contribution in [-0.2, 0) is 4.00 Å². The molecule has 0 heterocycles. The molecule has 1 nitrogen and oxygen atoms in total. The van der Waals surface area contributed by atoms with Gasteiger partial charge in [0, 0.05) is 6.61 Å². The van der Waals surface area contributed by atoms with Gasteiger partial charge in [-0.15, -0.1) is 0 Å². The standard InChI is InChI=1S/C3H7O.Co.3HI/c1-2-3-4;;;;/h4H,1-3H2;;3*1H/q-1;+3;;;/p-3. The van der Waals surface area contributed by atoms with Gasteiger partial charge in [0.2, 0.25) is 0 Å². The van der Waals surface area contributed by atoms with Gasteiger partial charge in [-0.2, -0.15) is 6.42 Å². The molecule has 0 aliphatic heterocycles. The second-order valence-electron chi connectivity index (χ2n) is 0.720. The van der Waals surface area contributed by atoms with Crippen molar-refractivity contribution in [2.24, 2.45) is 0 Å². The topological polar surface area (TPSA) is 20.2 Å². The van der Waals surface area contributed by atoms with Crippen molar-refractivity contribution >= 4 is 61.2 Å². The van der Waals surface area contributed by atoms with E-state index < -0.39 is 0 Å². The zero-order valence-corrected chi connectivity index (χ0v) is 11.5. The van der Waals surface area contributed by atoms with Crippen LogP contribution in [0, 0.1) is 6.92 Å². The number of aliphatic hydroxyl groups excluding tert-OH is 1. The summed E-state index contributed by atoms with van der Waals surface area (Å²) in [6, 6.07) is 0. The molecule has 0 saturated heterocycles. The minimum absolute atomic E-state index is 0.208. The van der Waals surface area contributed by atoms with Gasteiger partial charge in [0.25, 0.3) is 0 Å². The Balaban J connectivity index is 0. The van der Waals surface area contributed by atoms with Gasteiger partial charge < -0.3 is 12.0 Å². The molecule has 8 heavy (non-hydrogen) atoms. The Hall–Kier alpha value is 2.66. The Morgan fingerprint density at radius 1 is 1.38 bits per heavy atom. The van der Waals surface area contributed by atoms with Gasteiger partial charge in [-0.25, -0.2) is 0 Å². The molecular weight excluding hydrogens is 492 g/mol. The van der Waals surface area contributed by atoms with Gasteiger partial charge in [-0.3, -0.25) is 0 Å². The fraction of sp³-hybridized carbons (Fsp3) is 0.667. The van der Waals surface area contributed by atoms with Gasteiger partial charge in [-0.05, 0) is 0 Å². The van der Waals surface area contributed by atoms with Crippen LogP contribution < -0.4 is 0 Å². The maximum atomic E-state index is 7.81. The molecule has 0 aromatic carbocycles. The zero-order chi connectivity index (χ0) is 6.99. The summed E-state index contributed by atoms with van der Waals surface area (Å²) in [5.74, 6) is 0. The maximum absolute atomic E-state index is 7.81. The Labute approximate surface area is 88.6 Å². The van der Waals surface area contributed by atoms with Crippen LogP contribution in [0.25, 0.3) is 0 Å². The van der Waals surface area contributed by atoms with Crippen molar-refractivity contribution in [3.63, 3.8) is 0 Å². The predicted octanol–water partition coefficient (Wildman–Crippen LogP) is 2.86. The first-order valence-corrected chi connectivity index (χ1v) is 11.8. The fourth-order valence-electron chi connectivity index (χ4n) is 0. The van der Waals surface area contributed by atoms with Crippen molar-refractivity contribution in [2.75, 3.05) is 6.61 Å². The van der Waals surface area contributed by atoms with E-state index in [2.05, 4.69) is 68.2 Å². The van der Waals surface area contributed by atoms with Crippen LogP contribution >= 0.6 is 61.2 Å². The van der Waals surface area contributed by atoms with Crippen molar-refractivity contribution in [2.45, 2.75) is 6.42 Å². The van der Waals surface area contributed by atoms with Crippen LogP contribution in [0.5, 0.6) is 0 Å². The Bertz CT molecular complexity index is 31.0. The third-order valence-corrected chi connectivity index (χ3v) is 0.158. The molecule has 0 saturated carbocycles. The van der Waals surface area contributed by atoms with Crippen LogP contribution in [0.15, 0.2) is 0 Å². The Morgan fingerprint density at radius 2 is 1.50 bits per heavy atom. The summed E-state index contributed by atoms with van der Waals surface area (Å²) < 4.78 is 0.306. The van der Waals surface area contributed by atoms with Crippen LogP contribution in [0.4, 0.5) is 0 Å². The summed E-state index contributed by atoms with van der Waals surface area (Å²) in [5.41, 5.74) is 0. The third kappa shape index (κ3) is 38.0. The van der Waals surface area contributed by atoms with E-state index in [1.807, 2.05) is 0 Å². The number of halogens is 3. The summed E-state index contributed by atoms with van der Waals surface area (Å²) in [4.78, 5) is 0. The molecule has 0 aromatic heterocycles. The molecule has 5 heteroatoms. The van der Waals surface area contributed by atoms with Crippen LogP contribution in [0.1, 0.15) is 6.42 Å². The number of hydrogen-bond donors (Lipinski definition) is 1. The molecule has 0 spiro atoms. The normalized spacial score (nSPS) is 9.38. The molecular formula is C3H7CoI3O-. The second kappa shape index (κ2) is 12.3. The first-order valence-electron chi connectivity index (χ1n) is 1.69. The Morgan fingerprint density at radius 3 is 1.50 bits per heavy atom. The summed E-state index contributed by atoms with van der Waals surface area (Å²) in [6.45, 7) is 3.56. The number of aliphatic hydroxyl groups is 1. The van der Waals surface area contributed by atoms with E-state index in [1.54, 1.807) is 0 Å². The molecule has 1 N–H and O–H groups in total. The summed E-state index contributed by atoms with van der Waals surface area (Å²) in [7, 11) is 0. The van der Waals surface area contributed by atoms with Crippen LogP contribution in [-0.4, -0.2) is 11.7 Å². The molecule has 0 rings (SSSR count). The number of hydrogen-bond acceptors (Lipinski definition) is 1. The van der Waals surface area contributed by atoms with Crippen LogP contribution in [0.3, 0.4) is 0 Å². The molecule has 0 atom stereocenters. The van der Waals surface area contributed by atoms with E-state index in [1.165, 1.54) is 0 Å². The molecule has 0 amide bonds. The third-order valence-electron chi connectivity index (χ3n) is 0.158. The first kappa shape index (κ1) is 13.3. The molecule has 0 radical (unpaired) electrons. The van der Waals surface area contributed by atoms with Crippen molar-refractivity contribution in [1.29, 1.82) is 0 Å². The average molecular weight is 499 g/mol. The fourth-order valence-corrected chi connectivity index (χ4v) is 0. The SMILES string of the molecule is [CH2-]CCO.[I][Co]([I])[I]. The summed E-state index contributed by atoms with van der Waals surface area (Å²) in [5, 5.41) is 7.81. The van der Waals surface area contributed by atoms with Crippen LogP contribution in [0.2, 0.25) is 0 Å². The van der Waals surface area contributed by atoms with E-state index in [-0.39, 0.29) is 6.61 Å². The molecule has 0 aliphatic rings. The monoisotopic (exact) mass is 499 g/mol. The predicted molar refractivity (Wildman–Crippen MR) is 59.1 cm³/mol. The van der Waals surface area contributed by atoms with Gasteiger partial charge in [-0.1, -0.05) is 0 Å². The van der Waals surface area contributed by atoms with E-state index in [4.69, 9.17) is 5.11 Å². The molecule has 0 aromatic rings. The van der Waals surface area contributed by atoms with Crippen molar-refractivity contribution in [3.05, 3.63) is 6.92 Å². The molecule has 0 bridgehead atoms. The Kier molecular flexibility index (Phi) is 20.5. The summed E-state index contributed by atoms with van der Waals surface area (Å²) >= 11 is 7.14.